The highest BCUT2D eigenvalue weighted by molar-refractivity contribution is 7.47. The van der Waals surface area contributed by atoms with Crippen molar-refractivity contribution in [3.8, 4) is 0 Å². The summed E-state index contributed by atoms with van der Waals surface area (Å²) in [5.41, 5.74) is 6.91. The summed E-state index contributed by atoms with van der Waals surface area (Å²) in [4.78, 5) is 34.0. The highest BCUT2D eigenvalue weighted by Crippen LogP contribution is 2.48. The van der Waals surface area contributed by atoms with Gasteiger partial charge < -0.3 is 64.8 Å². The molecule has 2 aliphatic heterocycles. The average molecular weight is 778 g/mol. The van der Waals surface area contributed by atoms with Crippen LogP contribution in [0.15, 0.2) is 18.9 Å². The highest BCUT2D eigenvalue weighted by atomic mass is 31.2. The van der Waals surface area contributed by atoms with Gasteiger partial charge in [0.15, 0.2) is 24.0 Å². The lowest BCUT2D eigenvalue weighted by molar-refractivity contribution is -0.272. The van der Waals surface area contributed by atoms with Crippen LogP contribution in [-0.4, -0.2) is 168 Å². The van der Waals surface area contributed by atoms with Crippen LogP contribution < -0.4 is 11.1 Å². The standard InChI is InChI=1S/C28H44N9O15P/c1-15(40)33-19-22(42)21(41)17(10-38)51-28(19)48-8-7-47-6-5-46-4-3-36-9-16(34-35-36)12-49-24-23(52-53(43,44)45-2)18(11-39)50-27(24)37-14-32-20-25(29)30-13-31-26(20)37/h9,13-14,17-19,21-24,27-28,38-39,41-42H,3-8,10-12H2,1-2H3,(H,33,40)(H,43,44)(H2,29,30,31)/t17?,18-,19?,21?,22?,23?,24+,27-,28?/m1/s1. The predicted octanol–water partition coefficient (Wildman–Crippen LogP) is -3.40. The molecule has 296 valence electrons. The summed E-state index contributed by atoms with van der Waals surface area (Å²) in [6.45, 7) is 1.18. The molecule has 5 rings (SSSR count). The number of carbonyl (C=O) groups excluding carboxylic acids is 1. The van der Waals surface area contributed by atoms with Gasteiger partial charge in [0.05, 0.1) is 71.9 Å². The molecule has 2 saturated heterocycles. The Bertz CT molecular complexity index is 1670. The van der Waals surface area contributed by atoms with E-state index < -0.39 is 82.1 Å². The van der Waals surface area contributed by atoms with Crippen molar-refractivity contribution in [1.29, 1.82) is 0 Å². The van der Waals surface area contributed by atoms with Gasteiger partial charge in [-0.05, 0) is 0 Å². The molecule has 3 aromatic rings. The van der Waals surface area contributed by atoms with Crippen LogP contribution in [0.1, 0.15) is 18.8 Å². The molecular formula is C28H44N9O15P. The number of phosphoric acid groups is 1. The van der Waals surface area contributed by atoms with E-state index >= 15 is 0 Å². The number of phosphoric ester groups is 1. The molecule has 0 bridgehead atoms. The summed E-state index contributed by atoms with van der Waals surface area (Å²) in [7, 11) is -3.55. The number of nitrogens with zero attached hydrogens (tertiary/aromatic N) is 7. The summed E-state index contributed by atoms with van der Waals surface area (Å²) < 4.78 is 59.7. The number of amides is 1. The van der Waals surface area contributed by atoms with E-state index in [2.05, 4.69) is 35.1 Å². The van der Waals surface area contributed by atoms with Gasteiger partial charge in [0.1, 0.15) is 60.2 Å². The first-order chi connectivity index (χ1) is 25.5. The van der Waals surface area contributed by atoms with Crippen LogP contribution in [0.2, 0.25) is 0 Å². The van der Waals surface area contributed by atoms with Crippen molar-refractivity contribution in [2.24, 2.45) is 0 Å². The van der Waals surface area contributed by atoms with Gasteiger partial charge in [-0.1, -0.05) is 5.21 Å². The maximum Gasteiger partial charge on any atom is 0.472 e. The Hall–Kier alpha value is -3.33. The molecule has 0 aromatic carbocycles. The first-order valence-corrected chi connectivity index (χ1v) is 17.9. The number of fused-ring (bicyclic) bond motifs is 1. The normalized spacial score (nSPS) is 28.7. The van der Waals surface area contributed by atoms with Crippen LogP contribution >= 0.6 is 7.82 Å². The minimum atomic E-state index is -4.55. The third-order valence-electron chi connectivity index (χ3n) is 8.22. The van der Waals surface area contributed by atoms with Crippen molar-refractivity contribution < 1.29 is 72.1 Å². The van der Waals surface area contributed by atoms with Crippen molar-refractivity contribution in [3.63, 3.8) is 0 Å². The van der Waals surface area contributed by atoms with E-state index in [1.807, 2.05) is 0 Å². The molecule has 2 fully saturated rings. The molecular weight excluding hydrogens is 733 g/mol. The molecule has 53 heavy (non-hydrogen) atoms. The number of nitrogens with one attached hydrogen (secondary N) is 1. The van der Waals surface area contributed by atoms with Crippen LogP contribution in [0.5, 0.6) is 0 Å². The molecule has 0 aliphatic carbocycles. The molecule has 0 saturated carbocycles. The number of ether oxygens (including phenoxy) is 6. The largest absolute Gasteiger partial charge is 0.472 e. The van der Waals surface area contributed by atoms with Crippen LogP contribution in [0.4, 0.5) is 5.82 Å². The maximum atomic E-state index is 12.4. The van der Waals surface area contributed by atoms with E-state index in [1.165, 1.54) is 28.8 Å². The van der Waals surface area contributed by atoms with Gasteiger partial charge in [-0.3, -0.25) is 18.4 Å². The zero-order valence-electron chi connectivity index (χ0n) is 28.8. The van der Waals surface area contributed by atoms with Crippen LogP contribution in [-0.2, 0) is 60.0 Å². The fraction of sp³-hybridized carbons (Fsp3) is 0.714. The predicted molar refractivity (Wildman–Crippen MR) is 174 cm³/mol. The summed E-state index contributed by atoms with van der Waals surface area (Å²) in [6, 6.07) is -1.04. The number of anilines is 1. The Morgan fingerprint density at radius 1 is 1.00 bits per heavy atom. The summed E-state index contributed by atoms with van der Waals surface area (Å²) in [5.74, 6) is -0.332. The monoisotopic (exact) mass is 777 g/mol. The second kappa shape index (κ2) is 18.8. The zero-order valence-corrected chi connectivity index (χ0v) is 29.7. The van der Waals surface area contributed by atoms with Gasteiger partial charge in [-0.2, -0.15) is 0 Å². The molecule has 8 N–H and O–H groups in total. The summed E-state index contributed by atoms with van der Waals surface area (Å²) >= 11 is 0. The maximum absolute atomic E-state index is 12.4. The second-order valence-electron chi connectivity index (χ2n) is 11.8. The molecule has 24 nitrogen and oxygen atoms in total. The summed E-state index contributed by atoms with van der Waals surface area (Å²) in [5, 5.41) is 50.5. The molecule has 0 spiro atoms. The molecule has 2 aliphatic rings. The average Bonchev–Trinajstić information content (AvgIpc) is 3.86. The number of nitrogens with two attached hydrogens (primary N) is 1. The van der Waals surface area contributed by atoms with Crippen LogP contribution in [0.25, 0.3) is 11.2 Å². The number of carbonyl (C=O) groups is 1. The third kappa shape index (κ3) is 10.3. The van der Waals surface area contributed by atoms with Crippen molar-refractivity contribution in [1.82, 2.24) is 39.8 Å². The minimum Gasteiger partial charge on any atom is -0.394 e. The summed E-state index contributed by atoms with van der Waals surface area (Å²) in [6.07, 6.45) is -5.26. The molecule has 1 amide bonds. The number of rotatable bonds is 20. The quantitative estimate of drug-likeness (QED) is 0.0434. The van der Waals surface area contributed by atoms with Crippen molar-refractivity contribution in [2.75, 3.05) is 59.1 Å². The number of aliphatic hydroxyl groups is 4. The van der Waals surface area contributed by atoms with Gasteiger partial charge in [0, 0.05) is 14.0 Å². The van der Waals surface area contributed by atoms with E-state index in [9.17, 15) is 34.7 Å². The Morgan fingerprint density at radius 2 is 1.74 bits per heavy atom. The number of hydrogen-bond donors (Lipinski definition) is 7. The van der Waals surface area contributed by atoms with E-state index in [0.29, 0.717) is 23.4 Å². The third-order valence-corrected chi connectivity index (χ3v) is 9.19. The smallest absolute Gasteiger partial charge is 0.394 e. The number of imidazole rings is 1. The Balaban J connectivity index is 1.07. The van der Waals surface area contributed by atoms with Gasteiger partial charge in [0.25, 0.3) is 0 Å². The lowest BCUT2D eigenvalue weighted by atomic mass is 9.97. The molecule has 25 heteroatoms. The highest BCUT2D eigenvalue weighted by Gasteiger charge is 2.51. The van der Waals surface area contributed by atoms with Gasteiger partial charge in [0.2, 0.25) is 5.91 Å². The van der Waals surface area contributed by atoms with E-state index in [1.54, 1.807) is 6.20 Å². The van der Waals surface area contributed by atoms with Crippen molar-refractivity contribution >= 4 is 30.7 Å². The van der Waals surface area contributed by atoms with Crippen LogP contribution in [0, 0.1) is 0 Å². The van der Waals surface area contributed by atoms with Crippen LogP contribution in [0.3, 0.4) is 0 Å². The molecule has 7 unspecified atom stereocenters. The SMILES string of the molecule is COP(=O)(O)OC1[C@@H](CO)O[C@@H](n2cnc3c(N)ncnc32)[C@H]1OCc1cn(CCOCCOCCOC2OC(CO)C(O)C(O)C2NC(C)=O)nn1. The van der Waals surface area contributed by atoms with Gasteiger partial charge >= 0.3 is 7.82 Å². The molecule has 3 aromatic heterocycles. The lowest BCUT2D eigenvalue weighted by Crippen LogP contribution is -2.64. The van der Waals surface area contributed by atoms with E-state index in [-0.39, 0.29) is 45.5 Å². The van der Waals surface area contributed by atoms with Gasteiger partial charge in [-0.15, -0.1) is 5.10 Å². The number of aliphatic hydroxyl groups excluding tert-OH is 4. The van der Waals surface area contributed by atoms with Gasteiger partial charge in [-0.25, -0.2) is 24.2 Å². The van der Waals surface area contributed by atoms with Crippen molar-refractivity contribution in [3.05, 3.63) is 24.5 Å². The first-order valence-electron chi connectivity index (χ1n) is 16.4. The van der Waals surface area contributed by atoms with E-state index in [4.69, 9.17) is 38.7 Å². The fourth-order valence-electron chi connectivity index (χ4n) is 5.65. The van der Waals surface area contributed by atoms with E-state index in [0.717, 1.165) is 7.11 Å². The Kier molecular flexibility index (Phi) is 14.5. The number of nitrogen functional groups attached to an aromatic ring is 1. The molecule has 0 radical (unpaired) electrons. The molecule has 10 atom stereocenters. The Labute approximate surface area is 301 Å². The lowest BCUT2D eigenvalue weighted by Gasteiger charge is -2.42. The fourth-order valence-corrected chi connectivity index (χ4v) is 6.30. The zero-order chi connectivity index (χ0) is 38.1. The number of aromatic nitrogens is 7. The van der Waals surface area contributed by atoms with Crippen molar-refractivity contribution in [2.45, 2.75) is 75.3 Å². The molecule has 5 heterocycles. The topological polar surface area (TPSA) is 321 Å². The number of hydrogen-bond acceptors (Lipinski definition) is 20. The second-order valence-corrected chi connectivity index (χ2v) is 13.3. The Morgan fingerprint density at radius 3 is 2.45 bits per heavy atom. The first kappa shape index (κ1) is 40.8. The minimum absolute atomic E-state index is 0.0282.